The Labute approximate surface area is 106 Å². The first-order chi connectivity index (χ1) is 7.70. The van der Waals surface area contributed by atoms with Gasteiger partial charge in [0.25, 0.3) is 0 Å². The van der Waals surface area contributed by atoms with Crippen LogP contribution in [0.3, 0.4) is 0 Å². The van der Waals surface area contributed by atoms with E-state index in [4.69, 9.17) is 17.3 Å². The number of nitrogens with two attached hydrogens (primary N) is 1. The molecule has 1 saturated heterocycles. The SMILES string of the molecule is CC1CCCN(Cc2ncc(Cl)s2)C1CN. The normalized spacial score (nSPS) is 27.2. The van der Waals surface area contributed by atoms with Gasteiger partial charge in [0.15, 0.2) is 0 Å². The van der Waals surface area contributed by atoms with E-state index in [0.29, 0.717) is 12.0 Å². The van der Waals surface area contributed by atoms with Gasteiger partial charge in [-0.05, 0) is 25.3 Å². The van der Waals surface area contributed by atoms with Gasteiger partial charge >= 0.3 is 0 Å². The molecule has 1 aromatic heterocycles. The largest absolute Gasteiger partial charge is 0.329 e. The standard InChI is InChI=1S/C11H18ClN3S/c1-8-3-2-4-15(9(8)5-13)7-11-14-6-10(12)16-11/h6,8-9H,2-5,7,13H2,1H3. The molecule has 5 heteroatoms. The number of hydrogen-bond donors (Lipinski definition) is 1. The van der Waals surface area contributed by atoms with Gasteiger partial charge in [-0.2, -0.15) is 0 Å². The smallest absolute Gasteiger partial charge is 0.113 e. The molecule has 1 aliphatic rings. The quantitative estimate of drug-likeness (QED) is 0.906. The molecule has 2 unspecified atom stereocenters. The fourth-order valence-electron chi connectivity index (χ4n) is 2.45. The van der Waals surface area contributed by atoms with Crippen LogP contribution in [0.1, 0.15) is 24.8 Å². The summed E-state index contributed by atoms with van der Waals surface area (Å²) in [5, 5.41) is 1.09. The molecule has 1 fully saturated rings. The molecule has 1 aliphatic heterocycles. The van der Waals surface area contributed by atoms with Crippen LogP contribution >= 0.6 is 22.9 Å². The van der Waals surface area contributed by atoms with Gasteiger partial charge in [-0.15, -0.1) is 11.3 Å². The van der Waals surface area contributed by atoms with Gasteiger partial charge in [0, 0.05) is 12.6 Å². The second-order valence-corrected chi connectivity index (χ2v) is 6.20. The van der Waals surface area contributed by atoms with Crippen LogP contribution in [0.5, 0.6) is 0 Å². The van der Waals surface area contributed by atoms with Crippen LogP contribution in [0.25, 0.3) is 0 Å². The summed E-state index contributed by atoms with van der Waals surface area (Å²) in [5.41, 5.74) is 5.86. The lowest BCUT2D eigenvalue weighted by Gasteiger charge is -2.38. The van der Waals surface area contributed by atoms with Crippen LogP contribution in [0.2, 0.25) is 4.34 Å². The maximum Gasteiger partial charge on any atom is 0.113 e. The highest BCUT2D eigenvalue weighted by Gasteiger charge is 2.27. The lowest BCUT2D eigenvalue weighted by molar-refractivity contribution is 0.0990. The third-order valence-corrected chi connectivity index (χ3v) is 4.44. The second-order valence-electron chi connectivity index (χ2n) is 4.45. The van der Waals surface area contributed by atoms with E-state index < -0.39 is 0 Å². The molecule has 90 valence electrons. The van der Waals surface area contributed by atoms with E-state index in [-0.39, 0.29) is 0 Å². The molecular weight excluding hydrogens is 242 g/mol. The predicted octanol–water partition coefficient (Wildman–Crippen LogP) is 2.36. The van der Waals surface area contributed by atoms with Crippen molar-refractivity contribution in [2.45, 2.75) is 32.4 Å². The summed E-state index contributed by atoms with van der Waals surface area (Å²) >= 11 is 7.46. The van der Waals surface area contributed by atoms with Gasteiger partial charge in [0.1, 0.15) is 9.34 Å². The number of nitrogens with zero attached hydrogens (tertiary/aromatic N) is 2. The van der Waals surface area contributed by atoms with Crippen molar-refractivity contribution in [3.8, 4) is 0 Å². The summed E-state index contributed by atoms with van der Waals surface area (Å²) in [6.07, 6.45) is 4.28. The van der Waals surface area contributed by atoms with Crippen LogP contribution in [0, 0.1) is 5.92 Å². The Morgan fingerprint density at radius 2 is 2.50 bits per heavy atom. The van der Waals surface area contributed by atoms with E-state index in [1.807, 2.05) is 0 Å². The monoisotopic (exact) mass is 259 g/mol. The number of thiazole rings is 1. The van der Waals surface area contributed by atoms with E-state index in [2.05, 4.69) is 16.8 Å². The maximum absolute atomic E-state index is 5.89. The van der Waals surface area contributed by atoms with Gasteiger partial charge in [0.05, 0.1) is 12.7 Å². The topological polar surface area (TPSA) is 42.2 Å². The molecule has 0 aromatic carbocycles. The molecule has 3 nitrogen and oxygen atoms in total. The van der Waals surface area contributed by atoms with Crippen molar-refractivity contribution in [2.75, 3.05) is 13.1 Å². The number of hydrogen-bond acceptors (Lipinski definition) is 4. The lowest BCUT2D eigenvalue weighted by Crippen LogP contribution is -2.47. The zero-order valence-corrected chi connectivity index (χ0v) is 11.1. The first kappa shape index (κ1) is 12.3. The van der Waals surface area contributed by atoms with Gasteiger partial charge in [-0.3, -0.25) is 4.90 Å². The van der Waals surface area contributed by atoms with Gasteiger partial charge in [-0.25, -0.2) is 4.98 Å². The average Bonchev–Trinajstić information content (AvgIpc) is 2.64. The van der Waals surface area contributed by atoms with Crippen molar-refractivity contribution < 1.29 is 0 Å². The van der Waals surface area contributed by atoms with Crippen molar-refractivity contribution >= 4 is 22.9 Å². The van der Waals surface area contributed by atoms with E-state index in [1.54, 1.807) is 17.5 Å². The summed E-state index contributed by atoms with van der Waals surface area (Å²) in [6, 6.07) is 0.497. The molecule has 1 aromatic rings. The highest BCUT2D eigenvalue weighted by atomic mass is 35.5. The number of aromatic nitrogens is 1. The van der Waals surface area contributed by atoms with Crippen LogP contribution in [-0.4, -0.2) is 29.0 Å². The minimum absolute atomic E-state index is 0.497. The number of halogens is 1. The van der Waals surface area contributed by atoms with Crippen molar-refractivity contribution in [1.29, 1.82) is 0 Å². The molecule has 0 amide bonds. The Balaban J connectivity index is 2.02. The number of piperidine rings is 1. The Morgan fingerprint density at radius 1 is 1.69 bits per heavy atom. The molecule has 2 rings (SSSR count). The third-order valence-electron chi connectivity index (χ3n) is 3.34. The Kier molecular flexibility index (Phi) is 4.19. The second kappa shape index (κ2) is 5.45. The van der Waals surface area contributed by atoms with Crippen LogP contribution in [0.15, 0.2) is 6.20 Å². The maximum atomic E-state index is 5.89. The summed E-state index contributed by atoms with van der Waals surface area (Å²) in [6.45, 7) is 5.05. The number of likely N-dealkylation sites (tertiary alicyclic amines) is 1. The highest BCUT2D eigenvalue weighted by Crippen LogP contribution is 2.26. The van der Waals surface area contributed by atoms with Crippen molar-refractivity contribution in [3.05, 3.63) is 15.5 Å². The molecular formula is C11H18ClN3S. The molecule has 2 N–H and O–H groups in total. The van der Waals surface area contributed by atoms with E-state index in [9.17, 15) is 0 Å². The Bertz CT molecular complexity index is 342. The molecule has 2 atom stereocenters. The van der Waals surface area contributed by atoms with Gasteiger partial charge in [0.2, 0.25) is 0 Å². The summed E-state index contributed by atoms with van der Waals surface area (Å²) in [7, 11) is 0. The number of rotatable bonds is 3. The van der Waals surface area contributed by atoms with E-state index in [1.165, 1.54) is 12.8 Å². The van der Waals surface area contributed by atoms with E-state index >= 15 is 0 Å². The highest BCUT2D eigenvalue weighted by molar-refractivity contribution is 7.15. The zero-order valence-electron chi connectivity index (χ0n) is 9.53. The molecule has 2 heterocycles. The molecule has 16 heavy (non-hydrogen) atoms. The van der Waals surface area contributed by atoms with Gasteiger partial charge in [-0.1, -0.05) is 18.5 Å². The van der Waals surface area contributed by atoms with Crippen LogP contribution < -0.4 is 5.73 Å². The molecule has 0 aliphatic carbocycles. The Morgan fingerprint density at radius 3 is 3.12 bits per heavy atom. The summed E-state index contributed by atoms with van der Waals surface area (Å²) in [4.78, 5) is 6.76. The first-order valence-electron chi connectivity index (χ1n) is 5.75. The average molecular weight is 260 g/mol. The fourth-order valence-corrected chi connectivity index (χ4v) is 3.43. The molecule has 0 bridgehead atoms. The minimum atomic E-state index is 0.497. The van der Waals surface area contributed by atoms with E-state index in [0.717, 1.165) is 29.0 Å². The van der Waals surface area contributed by atoms with Crippen molar-refractivity contribution in [3.63, 3.8) is 0 Å². The summed E-state index contributed by atoms with van der Waals surface area (Å²) in [5.74, 6) is 0.689. The van der Waals surface area contributed by atoms with Crippen LogP contribution in [0.4, 0.5) is 0 Å². The van der Waals surface area contributed by atoms with Gasteiger partial charge < -0.3 is 5.73 Å². The molecule has 0 radical (unpaired) electrons. The van der Waals surface area contributed by atoms with Crippen molar-refractivity contribution in [2.24, 2.45) is 11.7 Å². The molecule has 0 spiro atoms. The third kappa shape index (κ3) is 2.74. The van der Waals surface area contributed by atoms with Crippen LogP contribution in [-0.2, 0) is 6.54 Å². The minimum Gasteiger partial charge on any atom is -0.329 e. The summed E-state index contributed by atoms with van der Waals surface area (Å²) < 4.78 is 0.768. The van der Waals surface area contributed by atoms with Crippen molar-refractivity contribution in [1.82, 2.24) is 9.88 Å². The lowest BCUT2D eigenvalue weighted by atomic mass is 9.91. The zero-order chi connectivity index (χ0) is 11.5. The first-order valence-corrected chi connectivity index (χ1v) is 6.94. The Hall–Kier alpha value is -0.160. The predicted molar refractivity (Wildman–Crippen MR) is 68.8 cm³/mol. The fraction of sp³-hybridized carbons (Fsp3) is 0.727. The molecule has 0 saturated carbocycles.